The third-order valence-electron chi connectivity index (χ3n) is 4.22. The van der Waals surface area contributed by atoms with E-state index >= 15 is 0 Å². The van der Waals surface area contributed by atoms with Gasteiger partial charge in [0.1, 0.15) is 0 Å². The Morgan fingerprint density at radius 3 is 2.74 bits per heavy atom. The van der Waals surface area contributed by atoms with Crippen LogP contribution in [0.5, 0.6) is 0 Å². The first-order valence-electron chi connectivity index (χ1n) is 8.34. The second-order valence-corrected chi connectivity index (χ2v) is 6.94. The molecule has 0 aromatic carbocycles. The molecule has 1 atom stereocenters. The van der Waals surface area contributed by atoms with Gasteiger partial charge in [-0.15, -0.1) is 0 Å². The highest BCUT2D eigenvalue weighted by molar-refractivity contribution is 5.66. The summed E-state index contributed by atoms with van der Waals surface area (Å²) < 4.78 is 1.56. The van der Waals surface area contributed by atoms with Gasteiger partial charge < -0.3 is 10.0 Å². The van der Waals surface area contributed by atoms with Gasteiger partial charge in [0.2, 0.25) is 0 Å². The molecule has 6 nitrogen and oxygen atoms in total. The lowest BCUT2D eigenvalue weighted by Gasteiger charge is -2.15. The van der Waals surface area contributed by atoms with E-state index in [1.54, 1.807) is 4.68 Å². The summed E-state index contributed by atoms with van der Waals surface area (Å²) in [4.78, 5) is 25.4. The van der Waals surface area contributed by atoms with Crippen LogP contribution in [0.3, 0.4) is 0 Å². The molecule has 0 unspecified atom stereocenters. The Balaban J connectivity index is 2.15. The maximum absolute atomic E-state index is 12.6. The fraction of sp³-hybridized carbons (Fsp3) is 0.706. The van der Waals surface area contributed by atoms with E-state index in [1.807, 2.05) is 27.1 Å². The molecular formula is C17H27N3O3. The monoisotopic (exact) mass is 321 g/mol. The molecule has 1 heterocycles. The van der Waals surface area contributed by atoms with Crippen LogP contribution in [-0.2, 0) is 17.8 Å². The van der Waals surface area contributed by atoms with Gasteiger partial charge in [-0.3, -0.25) is 9.59 Å². The van der Waals surface area contributed by atoms with Crippen molar-refractivity contribution in [3.8, 4) is 0 Å². The molecule has 1 aliphatic carbocycles. The molecule has 1 aromatic rings. The fourth-order valence-electron chi connectivity index (χ4n) is 2.65. The summed E-state index contributed by atoms with van der Waals surface area (Å²) in [5.41, 5.74) is 1.84. The van der Waals surface area contributed by atoms with Crippen LogP contribution in [0.4, 0.5) is 0 Å². The predicted molar refractivity (Wildman–Crippen MR) is 88.8 cm³/mol. The minimum Gasteiger partial charge on any atom is -0.481 e. The van der Waals surface area contributed by atoms with Crippen LogP contribution in [0.15, 0.2) is 10.9 Å². The predicted octanol–water partition coefficient (Wildman–Crippen LogP) is 1.73. The molecule has 0 spiro atoms. The average molecular weight is 321 g/mol. The van der Waals surface area contributed by atoms with Crippen LogP contribution in [0.1, 0.15) is 49.8 Å². The molecule has 0 aliphatic heterocycles. The van der Waals surface area contributed by atoms with Gasteiger partial charge in [0, 0.05) is 31.5 Å². The number of nitrogens with zero attached hydrogens (tertiary/aromatic N) is 3. The van der Waals surface area contributed by atoms with Crippen molar-refractivity contribution in [3.63, 3.8) is 0 Å². The van der Waals surface area contributed by atoms with Crippen LogP contribution in [0, 0.1) is 5.92 Å². The maximum atomic E-state index is 12.6. The number of rotatable bonds is 9. The Labute approximate surface area is 137 Å². The summed E-state index contributed by atoms with van der Waals surface area (Å²) in [7, 11) is 4.04. The second-order valence-electron chi connectivity index (χ2n) is 6.94. The number of carbonyl (C=O) groups is 1. The molecule has 1 N–H and O–H groups in total. The quantitative estimate of drug-likeness (QED) is 0.749. The number of hydrogen-bond acceptors (Lipinski definition) is 4. The van der Waals surface area contributed by atoms with Gasteiger partial charge in [0.05, 0.1) is 5.69 Å². The first-order valence-corrected chi connectivity index (χ1v) is 8.34. The number of carboxylic acid groups (broad SMARTS) is 1. The van der Waals surface area contributed by atoms with Crippen molar-refractivity contribution >= 4 is 5.97 Å². The lowest BCUT2D eigenvalue weighted by Crippen LogP contribution is -2.30. The van der Waals surface area contributed by atoms with E-state index in [9.17, 15) is 9.59 Å². The summed E-state index contributed by atoms with van der Waals surface area (Å²) in [5.74, 6) is -0.285. The topological polar surface area (TPSA) is 75.4 Å². The molecule has 0 amide bonds. The highest BCUT2D eigenvalue weighted by atomic mass is 16.4. The molecule has 23 heavy (non-hydrogen) atoms. The van der Waals surface area contributed by atoms with Gasteiger partial charge in [0.15, 0.2) is 0 Å². The SMILES string of the molecule is C[C@@H](CCC(=O)O)Cn1nc(CCN(C)C)cc(C2CC2)c1=O. The zero-order chi connectivity index (χ0) is 17.0. The van der Waals surface area contributed by atoms with Crippen LogP contribution in [0.2, 0.25) is 0 Å². The lowest BCUT2D eigenvalue weighted by molar-refractivity contribution is -0.137. The molecule has 0 saturated heterocycles. The van der Waals surface area contributed by atoms with Crippen LogP contribution >= 0.6 is 0 Å². The molecule has 0 radical (unpaired) electrons. The molecule has 128 valence electrons. The number of aliphatic carboxylic acids is 1. The van der Waals surface area contributed by atoms with Crippen molar-refractivity contribution < 1.29 is 9.90 Å². The minimum atomic E-state index is -0.796. The highest BCUT2D eigenvalue weighted by Crippen LogP contribution is 2.38. The van der Waals surface area contributed by atoms with Crippen LogP contribution in [-0.4, -0.2) is 46.4 Å². The third kappa shape index (κ3) is 5.46. The van der Waals surface area contributed by atoms with Crippen LogP contribution in [0.25, 0.3) is 0 Å². The zero-order valence-electron chi connectivity index (χ0n) is 14.3. The third-order valence-corrected chi connectivity index (χ3v) is 4.22. The Morgan fingerprint density at radius 2 is 2.17 bits per heavy atom. The van der Waals surface area contributed by atoms with Gasteiger partial charge in [-0.2, -0.15) is 5.10 Å². The van der Waals surface area contributed by atoms with Crippen molar-refractivity contribution in [2.24, 2.45) is 5.92 Å². The van der Waals surface area contributed by atoms with Gasteiger partial charge in [-0.25, -0.2) is 4.68 Å². The zero-order valence-corrected chi connectivity index (χ0v) is 14.3. The summed E-state index contributed by atoms with van der Waals surface area (Å²) in [6, 6.07) is 1.97. The van der Waals surface area contributed by atoms with E-state index in [1.165, 1.54) is 0 Å². The Kier molecular flexibility index (Phi) is 5.93. The van der Waals surface area contributed by atoms with E-state index < -0.39 is 5.97 Å². The summed E-state index contributed by atoms with van der Waals surface area (Å²) in [5, 5.41) is 13.3. The van der Waals surface area contributed by atoms with Crippen molar-refractivity contribution in [1.29, 1.82) is 0 Å². The lowest BCUT2D eigenvalue weighted by atomic mass is 10.1. The van der Waals surface area contributed by atoms with E-state index in [0.29, 0.717) is 18.9 Å². The molecule has 1 fully saturated rings. The van der Waals surface area contributed by atoms with Crippen molar-refractivity contribution in [1.82, 2.24) is 14.7 Å². The number of aromatic nitrogens is 2. The first kappa shape index (κ1) is 17.7. The standard InChI is InChI=1S/C17H27N3O3/c1-12(4-7-16(21)22)11-20-17(23)15(13-5-6-13)10-14(18-20)8-9-19(2)3/h10,12-13H,4-9,11H2,1-3H3,(H,21,22)/t12-/m0/s1. The molecule has 1 aliphatic rings. The largest absolute Gasteiger partial charge is 0.481 e. The molecular weight excluding hydrogens is 294 g/mol. The van der Waals surface area contributed by atoms with E-state index in [-0.39, 0.29) is 17.9 Å². The van der Waals surface area contributed by atoms with Crippen LogP contribution < -0.4 is 5.56 Å². The van der Waals surface area contributed by atoms with E-state index in [2.05, 4.69) is 10.00 Å². The number of likely N-dealkylation sites (N-methyl/N-ethyl adjacent to an activating group) is 1. The van der Waals surface area contributed by atoms with E-state index in [4.69, 9.17) is 5.11 Å². The maximum Gasteiger partial charge on any atom is 0.303 e. The molecule has 2 rings (SSSR count). The smallest absolute Gasteiger partial charge is 0.303 e. The van der Waals surface area contributed by atoms with Gasteiger partial charge in [-0.1, -0.05) is 6.92 Å². The summed E-state index contributed by atoms with van der Waals surface area (Å²) in [6.07, 6.45) is 3.67. The average Bonchev–Trinajstić information content (AvgIpc) is 3.30. The molecule has 1 saturated carbocycles. The molecule has 1 aromatic heterocycles. The first-order chi connectivity index (χ1) is 10.9. The Bertz CT molecular complexity index is 606. The fourth-order valence-corrected chi connectivity index (χ4v) is 2.65. The molecule has 0 bridgehead atoms. The van der Waals surface area contributed by atoms with Gasteiger partial charge in [-0.05, 0) is 51.3 Å². The summed E-state index contributed by atoms with van der Waals surface area (Å²) >= 11 is 0. The van der Waals surface area contributed by atoms with Gasteiger partial charge >= 0.3 is 5.97 Å². The van der Waals surface area contributed by atoms with Crippen molar-refractivity contribution in [2.75, 3.05) is 20.6 Å². The Morgan fingerprint density at radius 1 is 1.48 bits per heavy atom. The van der Waals surface area contributed by atoms with Crippen molar-refractivity contribution in [2.45, 2.75) is 51.5 Å². The normalized spacial score (nSPS) is 15.8. The minimum absolute atomic E-state index is 0.00304. The summed E-state index contributed by atoms with van der Waals surface area (Å²) in [6.45, 7) is 3.35. The Hall–Kier alpha value is -1.69. The number of carboxylic acids is 1. The molecule has 6 heteroatoms. The van der Waals surface area contributed by atoms with Crippen molar-refractivity contribution in [3.05, 3.63) is 27.7 Å². The van der Waals surface area contributed by atoms with E-state index in [0.717, 1.165) is 37.1 Å². The number of hydrogen-bond donors (Lipinski definition) is 1. The highest BCUT2D eigenvalue weighted by Gasteiger charge is 2.28. The second kappa shape index (κ2) is 7.73. The van der Waals surface area contributed by atoms with Gasteiger partial charge in [0.25, 0.3) is 5.56 Å².